The molecule has 0 aliphatic heterocycles. The van der Waals surface area contributed by atoms with E-state index in [-0.39, 0.29) is 0 Å². The maximum atomic E-state index is 10.4. The van der Waals surface area contributed by atoms with Crippen LogP contribution in [-0.2, 0) is 0 Å². The van der Waals surface area contributed by atoms with E-state index in [1.54, 1.807) is 6.21 Å². The van der Waals surface area contributed by atoms with Gasteiger partial charge in [0.15, 0.2) is 0 Å². The fourth-order valence-electron chi connectivity index (χ4n) is 1.12. The number of hydrazone groups is 1. The van der Waals surface area contributed by atoms with Gasteiger partial charge in [0.05, 0.1) is 6.21 Å². The molecule has 0 aromatic heterocycles. The maximum absolute atomic E-state index is 10.4. The molecule has 5 heteroatoms. The molecule has 2 amide bonds. The zero-order valence-electron chi connectivity index (χ0n) is 10.0. The first-order valence-corrected chi connectivity index (χ1v) is 6.38. The molecule has 0 fully saturated rings. The van der Waals surface area contributed by atoms with E-state index in [9.17, 15) is 4.79 Å². The van der Waals surface area contributed by atoms with E-state index in [1.165, 1.54) is 4.90 Å². The van der Waals surface area contributed by atoms with Crippen LogP contribution in [0.15, 0.2) is 34.3 Å². The lowest BCUT2D eigenvalue weighted by Crippen LogP contribution is -2.24. The van der Waals surface area contributed by atoms with Crippen molar-refractivity contribution in [2.24, 2.45) is 16.8 Å². The molecule has 0 spiro atoms. The second-order valence-electron chi connectivity index (χ2n) is 4.01. The third-order valence-corrected chi connectivity index (χ3v) is 3.25. The highest BCUT2D eigenvalue weighted by atomic mass is 32.2. The van der Waals surface area contributed by atoms with E-state index in [0.29, 0.717) is 5.92 Å². The minimum absolute atomic E-state index is 0.661. The van der Waals surface area contributed by atoms with Gasteiger partial charge in [-0.05, 0) is 23.6 Å². The van der Waals surface area contributed by atoms with E-state index >= 15 is 0 Å². The Labute approximate surface area is 106 Å². The molecule has 0 bridgehead atoms. The van der Waals surface area contributed by atoms with Gasteiger partial charge in [-0.25, -0.2) is 10.2 Å². The number of carbonyl (C=O) groups is 1. The summed E-state index contributed by atoms with van der Waals surface area (Å²) in [4.78, 5) is 11.6. The van der Waals surface area contributed by atoms with Crippen molar-refractivity contribution in [3.05, 3.63) is 29.8 Å². The van der Waals surface area contributed by atoms with Crippen LogP contribution in [0.25, 0.3) is 0 Å². The molecule has 1 rings (SSSR count). The number of rotatable bonds is 5. The van der Waals surface area contributed by atoms with Crippen LogP contribution < -0.4 is 11.2 Å². The maximum Gasteiger partial charge on any atom is 0.332 e. The van der Waals surface area contributed by atoms with Gasteiger partial charge in [0.25, 0.3) is 0 Å². The molecule has 0 saturated heterocycles. The Morgan fingerprint density at radius 3 is 3.00 bits per heavy atom. The van der Waals surface area contributed by atoms with Gasteiger partial charge in [-0.15, -0.1) is 11.8 Å². The highest BCUT2D eigenvalue weighted by Crippen LogP contribution is 2.20. The molecule has 3 N–H and O–H groups in total. The first-order chi connectivity index (χ1) is 8.08. The zero-order chi connectivity index (χ0) is 12.7. The van der Waals surface area contributed by atoms with Crippen LogP contribution in [0.5, 0.6) is 0 Å². The Kier molecular flexibility index (Phi) is 5.56. The fourth-order valence-corrected chi connectivity index (χ4v) is 2.04. The number of benzene rings is 1. The van der Waals surface area contributed by atoms with Gasteiger partial charge in [0.2, 0.25) is 0 Å². The minimum atomic E-state index is -0.661. The van der Waals surface area contributed by atoms with Crippen molar-refractivity contribution >= 4 is 24.0 Å². The number of urea groups is 1. The second-order valence-corrected chi connectivity index (χ2v) is 5.11. The van der Waals surface area contributed by atoms with Crippen LogP contribution in [-0.4, -0.2) is 18.0 Å². The first kappa shape index (κ1) is 13.6. The van der Waals surface area contributed by atoms with Crippen molar-refractivity contribution in [1.82, 2.24) is 5.43 Å². The molecule has 0 heterocycles. The number of carbonyl (C=O) groups excluding carboxylic acids is 1. The predicted molar refractivity (Wildman–Crippen MR) is 72.3 cm³/mol. The molecule has 0 unspecified atom stereocenters. The van der Waals surface area contributed by atoms with Crippen LogP contribution >= 0.6 is 11.8 Å². The molecule has 0 aliphatic carbocycles. The molecular formula is C12H17N3OS. The van der Waals surface area contributed by atoms with Gasteiger partial charge in [0.1, 0.15) is 0 Å². The number of primary amides is 1. The molecule has 1 aromatic carbocycles. The van der Waals surface area contributed by atoms with Gasteiger partial charge < -0.3 is 5.73 Å². The summed E-state index contributed by atoms with van der Waals surface area (Å²) in [5.74, 6) is 1.74. The Hall–Kier alpha value is -1.49. The molecule has 0 saturated carbocycles. The Morgan fingerprint density at radius 1 is 1.59 bits per heavy atom. The van der Waals surface area contributed by atoms with Crippen molar-refractivity contribution in [3.63, 3.8) is 0 Å². The number of hydrogen-bond donors (Lipinski definition) is 2. The van der Waals surface area contributed by atoms with Gasteiger partial charge >= 0.3 is 6.03 Å². The standard InChI is InChI=1S/C12H17N3OS/c1-9(2)8-17-11-5-3-4-10(6-11)7-14-15-12(13)16/h3-7,9H,8H2,1-2H3,(H3,13,15,16). The molecule has 0 aliphatic rings. The van der Waals surface area contributed by atoms with E-state index < -0.39 is 6.03 Å². The first-order valence-electron chi connectivity index (χ1n) is 5.39. The number of nitrogens with one attached hydrogen (secondary N) is 1. The smallest absolute Gasteiger partial charge is 0.332 e. The monoisotopic (exact) mass is 251 g/mol. The normalized spacial score (nSPS) is 11.0. The van der Waals surface area contributed by atoms with Gasteiger partial charge in [-0.1, -0.05) is 26.0 Å². The quantitative estimate of drug-likeness (QED) is 0.479. The van der Waals surface area contributed by atoms with Crippen LogP contribution in [0.3, 0.4) is 0 Å². The lowest BCUT2D eigenvalue weighted by Gasteiger charge is -2.04. The third-order valence-electron chi connectivity index (χ3n) is 1.83. The Bertz CT molecular complexity index is 404. The summed E-state index contributed by atoms with van der Waals surface area (Å²) >= 11 is 1.81. The molecule has 4 nitrogen and oxygen atoms in total. The van der Waals surface area contributed by atoms with E-state index in [4.69, 9.17) is 5.73 Å². The summed E-state index contributed by atoms with van der Waals surface area (Å²) in [7, 11) is 0. The SMILES string of the molecule is CC(C)CSc1cccc(C=NNC(N)=O)c1. The predicted octanol–water partition coefficient (Wildman–Crippen LogP) is 2.44. The van der Waals surface area contributed by atoms with Crippen molar-refractivity contribution in [1.29, 1.82) is 0 Å². The van der Waals surface area contributed by atoms with Crippen molar-refractivity contribution in [2.75, 3.05) is 5.75 Å². The number of hydrogen-bond acceptors (Lipinski definition) is 3. The second kappa shape index (κ2) is 6.96. The summed E-state index contributed by atoms with van der Waals surface area (Å²) in [6.07, 6.45) is 1.57. The van der Waals surface area contributed by atoms with E-state index in [2.05, 4.69) is 30.4 Å². The van der Waals surface area contributed by atoms with Gasteiger partial charge in [0, 0.05) is 10.6 Å². The summed E-state index contributed by atoms with van der Waals surface area (Å²) in [5.41, 5.74) is 8.00. The molecule has 0 radical (unpaired) electrons. The summed E-state index contributed by atoms with van der Waals surface area (Å²) in [6.45, 7) is 4.38. The average Bonchev–Trinajstić information content (AvgIpc) is 2.26. The molecule has 1 aromatic rings. The number of amides is 2. The fraction of sp³-hybridized carbons (Fsp3) is 0.333. The highest BCUT2D eigenvalue weighted by molar-refractivity contribution is 7.99. The topological polar surface area (TPSA) is 67.5 Å². The van der Waals surface area contributed by atoms with Crippen molar-refractivity contribution < 1.29 is 4.79 Å². The van der Waals surface area contributed by atoms with Gasteiger partial charge in [-0.3, -0.25) is 0 Å². The number of nitrogens with two attached hydrogens (primary N) is 1. The third kappa shape index (κ3) is 5.97. The summed E-state index contributed by atoms with van der Waals surface area (Å²) < 4.78 is 0. The Morgan fingerprint density at radius 2 is 2.35 bits per heavy atom. The minimum Gasteiger partial charge on any atom is -0.350 e. The van der Waals surface area contributed by atoms with Crippen LogP contribution in [0.2, 0.25) is 0 Å². The zero-order valence-corrected chi connectivity index (χ0v) is 10.8. The lowest BCUT2D eigenvalue weighted by atomic mass is 10.2. The van der Waals surface area contributed by atoms with Gasteiger partial charge in [-0.2, -0.15) is 5.10 Å². The lowest BCUT2D eigenvalue weighted by molar-refractivity contribution is 0.249. The van der Waals surface area contributed by atoms with Crippen LogP contribution in [0.1, 0.15) is 19.4 Å². The number of thioether (sulfide) groups is 1. The molecule has 92 valence electrons. The average molecular weight is 251 g/mol. The Balaban J connectivity index is 2.59. The van der Waals surface area contributed by atoms with Crippen molar-refractivity contribution in [3.8, 4) is 0 Å². The highest BCUT2D eigenvalue weighted by Gasteiger charge is 1.98. The van der Waals surface area contributed by atoms with Crippen LogP contribution in [0.4, 0.5) is 4.79 Å². The largest absolute Gasteiger partial charge is 0.350 e. The van der Waals surface area contributed by atoms with E-state index in [1.807, 2.05) is 30.0 Å². The summed E-state index contributed by atoms with van der Waals surface area (Å²) in [6, 6.07) is 7.32. The van der Waals surface area contributed by atoms with Crippen molar-refractivity contribution in [2.45, 2.75) is 18.7 Å². The molecule has 0 atom stereocenters. The van der Waals surface area contributed by atoms with Crippen LogP contribution in [0, 0.1) is 5.92 Å². The summed E-state index contributed by atoms with van der Waals surface area (Å²) in [5, 5.41) is 3.72. The molecule has 17 heavy (non-hydrogen) atoms. The van der Waals surface area contributed by atoms with E-state index in [0.717, 1.165) is 11.3 Å². The number of nitrogens with zero attached hydrogens (tertiary/aromatic N) is 1. The molecular weight excluding hydrogens is 234 g/mol.